The number of halogens is 1. The molecule has 0 aliphatic carbocycles. The third-order valence-corrected chi connectivity index (χ3v) is 6.51. The molecule has 3 aliphatic heterocycles. The molecule has 0 aromatic heterocycles. The molecule has 0 spiro atoms. The SMILES string of the molecule is COc1cc2ccc1Oc1cccc(F)c1CNC(=O)CCCN(C(=O)[C@H]1CCC(=O)N1)CCCNC2=O. The monoisotopic (exact) mass is 526 g/mol. The topological polar surface area (TPSA) is 126 Å². The van der Waals surface area contributed by atoms with Crippen LogP contribution in [0, 0.1) is 5.82 Å². The molecule has 4 amide bonds. The lowest BCUT2D eigenvalue weighted by atomic mass is 10.1. The number of carbonyl (C=O) groups is 4. The van der Waals surface area contributed by atoms with E-state index in [1.54, 1.807) is 23.1 Å². The van der Waals surface area contributed by atoms with Gasteiger partial charge in [-0.3, -0.25) is 19.2 Å². The first-order chi connectivity index (χ1) is 18.4. The molecule has 10 nitrogen and oxygen atoms in total. The first kappa shape index (κ1) is 26.9. The fourth-order valence-corrected chi connectivity index (χ4v) is 4.45. The van der Waals surface area contributed by atoms with E-state index in [0.717, 1.165) is 0 Å². The van der Waals surface area contributed by atoms with Crippen molar-refractivity contribution in [3.8, 4) is 17.2 Å². The van der Waals surface area contributed by atoms with Crippen molar-refractivity contribution in [2.75, 3.05) is 26.7 Å². The van der Waals surface area contributed by atoms with Crippen LogP contribution in [0.15, 0.2) is 36.4 Å². The average Bonchev–Trinajstić information content (AvgIpc) is 3.35. The maximum Gasteiger partial charge on any atom is 0.251 e. The van der Waals surface area contributed by atoms with Gasteiger partial charge in [0.2, 0.25) is 17.7 Å². The van der Waals surface area contributed by atoms with Crippen LogP contribution in [-0.2, 0) is 20.9 Å². The second-order valence-corrected chi connectivity index (χ2v) is 9.16. The van der Waals surface area contributed by atoms with Crippen molar-refractivity contribution in [3.63, 3.8) is 0 Å². The van der Waals surface area contributed by atoms with Crippen LogP contribution in [0.25, 0.3) is 0 Å². The van der Waals surface area contributed by atoms with Crippen molar-refractivity contribution in [1.82, 2.24) is 20.9 Å². The number of hydrogen-bond donors (Lipinski definition) is 3. The first-order valence-electron chi connectivity index (χ1n) is 12.6. The van der Waals surface area contributed by atoms with Crippen molar-refractivity contribution in [3.05, 3.63) is 53.3 Å². The molecular weight excluding hydrogens is 495 g/mol. The molecule has 1 fully saturated rings. The second-order valence-electron chi connectivity index (χ2n) is 9.16. The molecule has 38 heavy (non-hydrogen) atoms. The largest absolute Gasteiger partial charge is 0.493 e. The van der Waals surface area contributed by atoms with Crippen molar-refractivity contribution in [2.45, 2.75) is 44.7 Å². The smallest absolute Gasteiger partial charge is 0.251 e. The molecule has 1 saturated heterocycles. The quantitative estimate of drug-likeness (QED) is 0.551. The molecule has 2 bridgehead atoms. The third kappa shape index (κ3) is 6.58. The van der Waals surface area contributed by atoms with Gasteiger partial charge in [0.25, 0.3) is 5.91 Å². The Balaban J connectivity index is 1.56. The Morgan fingerprint density at radius 3 is 2.61 bits per heavy atom. The second kappa shape index (κ2) is 12.4. The summed E-state index contributed by atoms with van der Waals surface area (Å²) in [5.74, 6) is -0.762. The fourth-order valence-electron chi connectivity index (χ4n) is 4.45. The van der Waals surface area contributed by atoms with Crippen LogP contribution in [0.5, 0.6) is 17.2 Å². The van der Waals surface area contributed by atoms with E-state index in [4.69, 9.17) is 9.47 Å². The highest BCUT2D eigenvalue weighted by molar-refractivity contribution is 5.95. The van der Waals surface area contributed by atoms with E-state index in [-0.39, 0.29) is 59.4 Å². The summed E-state index contributed by atoms with van der Waals surface area (Å²) in [5, 5.41) is 8.25. The van der Waals surface area contributed by atoms with Crippen LogP contribution in [0.2, 0.25) is 0 Å². The number of amides is 4. The van der Waals surface area contributed by atoms with Crippen LogP contribution < -0.4 is 25.4 Å². The van der Waals surface area contributed by atoms with Crippen molar-refractivity contribution < 1.29 is 33.0 Å². The molecule has 3 heterocycles. The first-order valence-corrected chi connectivity index (χ1v) is 12.6. The number of benzene rings is 2. The minimum atomic E-state index is -0.585. The zero-order valence-electron chi connectivity index (χ0n) is 21.2. The van der Waals surface area contributed by atoms with E-state index >= 15 is 0 Å². The van der Waals surface area contributed by atoms with Gasteiger partial charge in [0.1, 0.15) is 17.6 Å². The lowest BCUT2D eigenvalue weighted by Gasteiger charge is -2.25. The minimum Gasteiger partial charge on any atom is -0.493 e. The standard InChI is InChI=1S/C27H31FN4O6/c1-37-23-15-17-8-10-22(23)38-21-6-2-5-19(28)18(21)16-30-24(33)7-3-13-32(14-4-12-29-26(17)35)27(36)20-9-11-25(34)31-20/h2,5-6,8,10,15,20H,3-4,7,9,11-14,16H2,1H3,(H,29,35)(H,30,33)(H,31,34)/t20-/m1/s1. The van der Waals surface area contributed by atoms with Gasteiger partial charge in [-0.2, -0.15) is 0 Å². The molecule has 5 rings (SSSR count). The van der Waals surface area contributed by atoms with Gasteiger partial charge >= 0.3 is 0 Å². The van der Waals surface area contributed by atoms with Gasteiger partial charge in [-0.05, 0) is 49.6 Å². The Morgan fingerprint density at radius 1 is 1.03 bits per heavy atom. The summed E-state index contributed by atoms with van der Waals surface area (Å²) < 4.78 is 26.0. The van der Waals surface area contributed by atoms with Gasteiger partial charge in [-0.15, -0.1) is 0 Å². The lowest BCUT2D eigenvalue weighted by Crippen LogP contribution is -2.46. The molecular formula is C27H31FN4O6. The molecule has 2 aromatic rings. The number of nitrogens with zero attached hydrogens (tertiary/aromatic N) is 1. The lowest BCUT2D eigenvalue weighted by molar-refractivity contribution is -0.134. The van der Waals surface area contributed by atoms with Gasteiger partial charge in [0.05, 0.1) is 7.11 Å². The van der Waals surface area contributed by atoms with E-state index < -0.39 is 11.9 Å². The van der Waals surface area contributed by atoms with E-state index in [9.17, 15) is 23.6 Å². The van der Waals surface area contributed by atoms with Gasteiger partial charge < -0.3 is 30.3 Å². The molecule has 3 aliphatic rings. The number of fused-ring (bicyclic) bond motifs is 13. The van der Waals surface area contributed by atoms with Gasteiger partial charge in [0, 0.05) is 50.1 Å². The number of carbonyl (C=O) groups excluding carboxylic acids is 4. The minimum absolute atomic E-state index is 0.0968. The summed E-state index contributed by atoms with van der Waals surface area (Å²) in [5.41, 5.74) is 0.511. The summed E-state index contributed by atoms with van der Waals surface area (Å²) in [4.78, 5) is 51.5. The molecule has 2 aromatic carbocycles. The predicted molar refractivity (Wildman–Crippen MR) is 135 cm³/mol. The normalized spacial score (nSPS) is 19.2. The average molecular weight is 527 g/mol. The molecule has 0 radical (unpaired) electrons. The predicted octanol–water partition coefficient (Wildman–Crippen LogP) is 2.26. The van der Waals surface area contributed by atoms with Crippen LogP contribution in [0.4, 0.5) is 4.39 Å². The summed E-state index contributed by atoms with van der Waals surface area (Å²) in [6, 6.07) is 8.43. The Labute approximate surface area is 219 Å². The highest BCUT2D eigenvalue weighted by Crippen LogP contribution is 2.34. The summed E-state index contributed by atoms with van der Waals surface area (Å²) in [6.45, 7) is 0.870. The van der Waals surface area contributed by atoms with Gasteiger partial charge in [-0.25, -0.2) is 4.39 Å². The van der Waals surface area contributed by atoms with E-state index in [2.05, 4.69) is 16.0 Å². The number of ether oxygens (including phenoxy) is 2. The fraction of sp³-hybridized carbons (Fsp3) is 0.407. The molecule has 0 unspecified atom stereocenters. The molecule has 11 heteroatoms. The van der Waals surface area contributed by atoms with E-state index in [1.807, 2.05) is 0 Å². The van der Waals surface area contributed by atoms with Crippen LogP contribution in [0.1, 0.15) is 48.0 Å². The van der Waals surface area contributed by atoms with Crippen molar-refractivity contribution >= 4 is 23.6 Å². The number of methoxy groups -OCH3 is 1. The molecule has 1 atom stereocenters. The zero-order valence-corrected chi connectivity index (χ0v) is 21.2. The Kier molecular flexibility index (Phi) is 8.77. The highest BCUT2D eigenvalue weighted by Gasteiger charge is 2.30. The van der Waals surface area contributed by atoms with Gasteiger partial charge in [0.15, 0.2) is 11.5 Å². The Bertz CT molecular complexity index is 1220. The van der Waals surface area contributed by atoms with Gasteiger partial charge in [-0.1, -0.05) is 6.07 Å². The summed E-state index contributed by atoms with van der Waals surface area (Å²) >= 11 is 0. The maximum absolute atomic E-state index is 14.7. The number of rotatable bonds is 2. The summed E-state index contributed by atoms with van der Waals surface area (Å²) in [6.07, 6.45) is 1.71. The molecule has 3 N–H and O–H groups in total. The number of hydrogen-bond acceptors (Lipinski definition) is 6. The van der Waals surface area contributed by atoms with E-state index in [0.29, 0.717) is 50.9 Å². The maximum atomic E-state index is 14.7. The van der Waals surface area contributed by atoms with Crippen LogP contribution in [-0.4, -0.2) is 61.3 Å². The van der Waals surface area contributed by atoms with E-state index in [1.165, 1.54) is 25.3 Å². The molecule has 202 valence electrons. The highest BCUT2D eigenvalue weighted by atomic mass is 19.1. The summed E-state index contributed by atoms with van der Waals surface area (Å²) in [7, 11) is 1.43. The van der Waals surface area contributed by atoms with Crippen LogP contribution >= 0.6 is 0 Å². The van der Waals surface area contributed by atoms with Crippen LogP contribution in [0.3, 0.4) is 0 Å². The third-order valence-electron chi connectivity index (χ3n) is 6.51. The van der Waals surface area contributed by atoms with Crippen molar-refractivity contribution in [2.24, 2.45) is 0 Å². The van der Waals surface area contributed by atoms with Crippen molar-refractivity contribution in [1.29, 1.82) is 0 Å². The zero-order chi connectivity index (χ0) is 27.1. The Hall–Kier alpha value is -4.15. The number of nitrogens with one attached hydrogen (secondary N) is 3. The molecule has 0 saturated carbocycles. The Morgan fingerprint density at radius 2 is 1.84 bits per heavy atom.